The van der Waals surface area contributed by atoms with Crippen LogP contribution in [0.4, 0.5) is 5.69 Å². The molecule has 1 N–H and O–H groups in total. The second kappa shape index (κ2) is 8.35. The Balaban J connectivity index is 1.71. The molecule has 2 amide bonds. The number of amides is 2. The lowest BCUT2D eigenvalue weighted by atomic mass is 9.86. The van der Waals surface area contributed by atoms with E-state index >= 15 is 0 Å². The molecular formula is C22H21N5O3. The molecule has 1 aromatic carbocycles. The van der Waals surface area contributed by atoms with E-state index < -0.39 is 11.4 Å². The monoisotopic (exact) mass is 403 g/mol. The second-order valence-corrected chi connectivity index (χ2v) is 7.08. The molecule has 3 aromatic rings. The number of hydrogen-bond donors (Lipinski definition) is 1. The second-order valence-electron chi connectivity index (χ2n) is 7.08. The molecule has 0 atom stereocenters. The van der Waals surface area contributed by atoms with Crippen molar-refractivity contribution in [2.45, 2.75) is 24.9 Å². The molecular weight excluding hydrogens is 382 g/mol. The summed E-state index contributed by atoms with van der Waals surface area (Å²) < 4.78 is 7.22. The number of terminal acetylenes is 1. The lowest BCUT2D eigenvalue weighted by Gasteiger charge is -2.43. The van der Waals surface area contributed by atoms with Crippen molar-refractivity contribution in [3.8, 4) is 12.3 Å². The lowest BCUT2D eigenvalue weighted by molar-refractivity contribution is -0.133. The first-order valence-corrected chi connectivity index (χ1v) is 9.64. The fourth-order valence-corrected chi connectivity index (χ4v) is 3.77. The summed E-state index contributed by atoms with van der Waals surface area (Å²) in [5.74, 6) is 1.33. The van der Waals surface area contributed by atoms with Crippen LogP contribution in [0.25, 0.3) is 5.65 Å². The minimum Gasteiger partial charge on any atom is -0.381 e. The van der Waals surface area contributed by atoms with Gasteiger partial charge >= 0.3 is 5.91 Å². The summed E-state index contributed by atoms with van der Waals surface area (Å²) >= 11 is 0. The third-order valence-electron chi connectivity index (χ3n) is 5.33. The van der Waals surface area contributed by atoms with Gasteiger partial charge in [0.25, 0.3) is 0 Å². The molecule has 8 heteroatoms. The minimum absolute atomic E-state index is 0.264. The van der Waals surface area contributed by atoms with E-state index in [1.165, 1.54) is 4.90 Å². The van der Waals surface area contributed by atoms with Crippen molar-refractivity contribution in [2.24, 2.45) is 0 Å². The van der Waals surface area contributed by atoms with Crippen LogP contribution in [-0.4, -0.2) is 45.2 Å². The number of carbonyl (C=O) groups is 2. The zero-order valence-corrected chi connectivity index (χ0v) is 16.3. The third-order valence-corrected chi connectivity index (χ3v) is 5.33. The smallest absolute Gasteiger partial charge is 0.303 e. The van der Waals surface area contributed by atoms with Crippen LogP contribution < -0.4 is 10.2 Å². The van der Waals surface area contributed by atoms with E-state index in [-0.39, 0.29) is 5.91 Å². The molecule has 0 aliphatic carbocycles. The van der Waals surface area contributed by atoms with E-state index in [1.54, 1.807) is 29.1 Å². The van der Waals surface area contributed by atoms with Gasteiger partial charge in [-0.15, -0.1) is 16.6 Å². The van der Waals surface area contributed by atoms with Crippen molar-refractivity contribution < 1.29 is 14.3 Å². The maximum absolute atomic E-state index is 13.5. The molecule has 0 spiro atoms. The highest BCUT2D eigenvalue weighted by molar-refractivity contribution is 6.11. The molecule has 0 radical (unpaired) electrons. The molecule has 0 saturated carbocycles. The van der Waals surface area contributed by atoms with E-state index in [9.17, 15) is 9.59 Å². The van der Waals surface area contributed by atoms with E-state index in [4.69, 9.17) is 11.2 Å². The fourth-order valence-electron chi connectivity index (χ4n) is 3.77. The fraction of sp³-hybridized carbons (Fsp3) is 0.273. The van der Waals surface area contributed by atoms with Crippen molar-refractivity contribution in [3.05, 3.63) is 60.6 Å². The molecule has 0 unspecified atom stereocenters. The summed E-state index contributed by atoms with van der Waals surface area (Å²) in [5.41, 5.74) is 0.853. The highest BCUT2D eigenvalue weighted by Crippen LogP contribution is 2.34. The number of hydrogen-bond acceptors (Lipinski definition) is 5. The summed E-state index contributed by atoms with van der Waals surface area (Å²) in [6.07, 6.45) is 9.45. The van der Waals surface area contributed by atoms with Gasteiger partial charge in [-0.3, -0.25) is 18.9 Å². The number of pyridine rings is 1. The normalized spacial score (nSPS) is 15.3. The Morgan fingerprint density at radius 1 is 1.23 bits per heavy atom. The van der Waals surface area contributed by atoms with Crippen LogP contribution in [0.5, 0.6) is 0 Å². The number of aromatic nitrogens is 3. The van der Waals surface area contributed by atoms with E-state index in [1.807, 2.05) is 30.3 Å². The number of fused-ring (bicyclic) bond motifs is 1. The average molecular weight is 403 g/mol. The molecule has 0 bridgehead atoms. The van der Waals surface area contributed by atoms with Gasteiger partial charge in [-0.25, -0.2) is 0 Å². The van der Waals surface area contributed by atoms with Crippen LogP contribution in [0.2, 0.25) is 0 Å². The predicted octanol–water partition coefficient (Wildman–Crippen LogP) is 1.56. The van der Waals surface area contributed by atoms with Gasteiger partial charge in [0.05, 0.1) is 5.69 Å². The molecule has 4 rings (SSSR count). The van der Waals surface area contributed by atoms with Crippen LogP contribution in [-0.2, 0) is 20.9 Å². The molecule has 152 valence electrons. The van der Waals surface area contributed by atoms with Crippen LogP contribution in [0.15, 0.2) is 55.0 Å². The zero-order valence-electron chi connectivity index (χ0n) is 16.3. The Bertz CT molecular complexity index is 1100. The number of benzene rings is 1. The molecule has 1 aliphatic rings. The number of nitrogens with zero attached hydrogens (tertiary/aromatic N) is 4. The quantitative estimate of drug-likeness (QED) is 0.653. The number of rotatable bonds is 5. The number of nitrogens with one attached hydrogen (secondary N) is 1. The van der Waals surface area contributed by atoms with Crippen molar-refractivity contribution in [3.63, 3.8) is 0 Å². The first kappa shape index (κ1) is 19.6. The standard InChI is InChI=1S/C22H21N5O3/c1-2-20(28)27(18-8-11-26-16-24-25-19(26)14-18)22(9-12-30-13-10-22)21(29)23-15-17-6-4-3-5-7-17/h1,3-8,11,14,16H,9-10,12-13,15H2,(H,23,29). The maximum Gasteiger partial charge on any atom is 0.303 e. The Morgan fingerprint density at radius 3 is 2.73 bits per heavy atom. The molecule has 1 fully saturated rings. The van der Waals surface area contributed by atoms with Crippen molar-refractivity contribution in [2.75, 3.05) is 18.1 Å². The molecule has 3 heterocycles. The first-order chi connectivity index (χ1) is 14.6. The Labute approximate surface area is 173 Å². The highest BCUT2D eigenvalue weighted by atomic mass is 16.5. The Morgan fingerprint density at radius 2 is 2.00 bits per heavy atom. The van der Waals surface area contributed by atoms with Gasteiger partial charge in [0.1, 0.15) is 11.9 Å². The maximum atomic E-state index is 13.5. The molecule has 1 saturated heterocycles. The molecule has 2 aromatic heterocycles. The molecule has 30 heavy (non-hydrogen) atoms. The summed E-state index contributed by atoms with van der Waals surface area (Å²) in [6.45, 7) is 1.05. The lowest BCUT2D eigenvalue weighted by Crippen LogP contribution is -2.63. The SMILES string of the molecule is C#CC(=O)N(c1ccn2cnnc2c1)C1(C(=O)NCc2ccccc2)CCOCC1. The van der Waals surface area contributed by atoms with Crippen LogP contribution in [0.3, 0.4) is 0 Å². The van der Waals surface area contributed by atoms with Gasteiger partial charge in [-0.05, 0) is 17.6 Å². The Kier molecular flexibility index (Phi) is 5.46. The van der Waals surface area contributed by atoms with Gasteiger partial charge in [-0.1, -0.05) is 30.3 Å². The first-order valence-electron chi connectivity index (χ1n) is 9.64. The largest absolute Gasteiger partial charge is 0.381 e. The highest BCUT2D eigenvalue weighted by Gasteiger charge is 2.48. The summed E-state index contributed by atoms with van der Waals surface area (Å²) in [7, 11) is 0. The summed E-state index contributed by atoms with van der Waals surface area (Å²) in [5, 5.41) is 10.9. The number of ether oxygens (including phenoxy) is 1. The minimum atomic E-state index is -1.16. The molecule has 8 nitrogen and oxygen atoms in total. The molecule has 1 aliphatic heterocycles. The van der Waals surface area contributed by atoms with Crippen LogP contribution in [0.1, 0.15) is 18.4 Å². The van der Waals surface area contributed by atoms with Crippen molar-refractivity contribution in [1.29, 1.82) is 0 Å². The van der Waals surface area contributed by atoms with Crippen LogP contribution in [0, 0.1) is 12.3 Å². The van der Waals surface area contributed by atoms with Crippen LogP contribution >= 0.6 is 0 Å². The summed E-state index contributed by atoms with van der Waals surface area (Å²) in [4.78, 5) is 27.8. The third kappa shape index (κ3) is 3.63. The number of carbonyl (C=O) groups excluding carboxylic acids is 2. The van der Waals surface area contributed by atoms with Gasteiger partial charge in [0.2, 0.25) is 5.91 Å². The predicted molar refractivity (Wildman–Crippen MR) is 110 cm³/mol. The van der Waals surface area contributed by atoms with Gasteiger partial charge < -0.3 is 10.1 Å². The Hall–Kier alpha value is -3.70. The zero-order chi connectivity index (χ0) is 21.0. The average Bonchev–Trinajstić information content (AvgIpc) is 3.27. The van der Waals surface area contributed by atoms with Gasteiger partial charge in [-0.2, -0.15) is 0 Å². The number of anilines is 1. The topological polar surface area (TPSA) is 88.8 Å². The van der Waals surface area contributed by atoms with E-state index in [2.05, 4.69) is 21.4 Å². The van der Waals surface area contributed by atoms with Crippen molar-refractivity contribution in [1.82, 2.24) is 19.9 Å². The van der Waals surface area contributed by atoms with Gasteiger partial charge in [0.15, 0.2) is 5.65 Å². The van der Waals surface area contributed by atoms with E-state index in [0.717, 1.165) is 5.56 Å². The van der Waals surface area contributed by atoms with E-state index in [0.29, 0.717) is 43.9 Å². The van der Waals surface area contributed by atoms with Gasteiger partial charge in [0, 0.05) is 44.9 Å². The summed E-state index contributed by atoms with van der Waals surface area (Å²) in [6, 6.07) is 13.0. The van der Waals surface area contributed by atoms with Crippen molar-refractivity contribution >= 4 is 23.1 Å².